The molecule has 1 aromatic rings. The summed E-state index contributed by atoms with van der Waals surface area (Å²) in [6.07, 6.45) is 1.28. The van der Waals surface area contributed by atoms with Crippen molar-refractivity contribution in [2.75, 3.05) is 19.6 Å². The van der Waals surface area contributed by atoms with Crippen molar-refractivity contribution >= 4 is 27.3 Å². The van der Waals surface area contributed by atoms with E-state index in [1.807, 2.05) is 11.3 Å². The van der Waals surface area contributed by atoms with Crippen LogP contribution in [0.4, 0.5) is 0 Å². The van der Waals surface area contributed by atoms with Crippen molar-refractivity contribution in [2.24, 2.45) is 5.92 Å². The molecule has 0 amide bonds. The van der Waals surface area contributed by atoms with Crippen molar-refractivity contribution in [3.63, 3.8) is 0 Å². The molecule has 0 saturated carbocycles. The summed E-state index contributed by atoms with van der Waals surface area (Å²) < 4.78 is 1.24. The minimum Gasteiger partial charge on any atom is -0.311 e. The van der Waals surface area contributed by atoms with Gasteiger partial charge in [-0.1, -0.05) is 13.8 Å². The summed E-state index contributed by atoms with van der Waals surface area (Å²) in [6, 6.07) is 5.05. The molecule has 1 saturated heterocycles. The Morgan fingerprint density at radius 3 is 3.00 bits per heavy atom. The summed E-state index contributed by atoms with van der Waals surface area (Å²) in [4.78, 5) is 4.03. The average Bonchev–Trinajstić information content (AvgIpc) is 2.63. The van der Waals surface area contributed by atoms with Crippen molar-refractivity contribution in [2.45, 2.75) is 32.9 Å². The van der Waals surface area contributed by atoms with E-state index in [-0.39, 0.29) is 0 Å². The van der Waals surface area contributed by atoms with Gasteiger partial charge in [-0.3, -0.25) is 4.90 Å². The molecule has 0 aliphatic carbocycles. The SMILES string of the molecule is CC(C)CC1CN(Cc2ccc(Br)s2)CCN1. The monoisotopic (exact) mass is 316 g/mol. The first-order chi connectivity index (χ1) is 8.13. The lowest BCUT2D eigenvalue weighted by atomic mass is 10.0. The highest BCUT2D eigenvalue weighted by Crippen LogP contribution is 2.23. The second kappa shape index (κ2) is 6.32. The molecule has 4 heteroatoms. The molecule has 1 N–H and O–H groups in total. The molecule has 1 fully saturated rings. The van der Waals surface area contributed by atoms with Gasteiger partial charge in [0.2, 0.25) is 0 Å². The average molecular weight is 317 g/mol. The van der Waals surface area contributed by atoms with E-state index in [4.69, 9.17) is 0 Å². The second-order valence-corrected chi connectivity index (χ2v) is 7.77. The van der Waals surface area contributed by atoms with Gasteiger partial charge in [0, 0.05) is 37.1 Å². The molecule has 1 unspecified atom stereocenters. The van der Waals surface area contributed by atoms with E-state index >= 15 is 0 Å². The highest BCUT2D eigenvalue weighted by atomic mass is 79.9. The quantitative estimate of drug-likeness (QED) is 0.916. The van der Waals surface area contributed by atoms with Crippen LogP contribution in [0.15, 0.2) is 15.9 Å². The first kappa shape index (κ1) is 13.5. The maximum absolute atomic E-state index is 3.62. The molecule has 0 aromatic carbocycles. The number of hydrogen-bond acceptors (Lipinski definition) is 3. The zero-order chi connectivity index (χ0) is 12.3. The third kappa shape index (κ3) is 4.36. The highest BCUT2D eigenvalue weighted by Gasteiger charge is 2.20. The topological polar surface area (TPSA) is 15.3 Å². The highest BCUT2D eigenvalue weighted by molar-refractivity contribution is 9.11. The predicted molar refractivity (Wildman–Crippen MR) is 78.5 cm³/mol. The Hall–Kier alpha value is 0.1000. The Morgan fingerprint density at radius 2 is 2.35 bits per heavy atom. The Kier molecular flexibility index (Phi) is 5.03. The molecule has 1 aliphatic heterocycles. The number of hydrogen-bond donors (Lipinski definition) is 1. The number of nitrogens with one attached hydrogen (secondary N) is 1. The third-order valence-corrected chi connectivity index (χ3v) is 4.71. The van der Waals surface area contributed by atoms with Crippen molar-refractivity contribution < 1.29 is 0 Å². The van der Waals surface area contributed by atoms with E-state index in [1.165, 1.54) is 28.2 Å². The molecule has 0 spiro atoms. The largest absolute Gasteiger partial charge is 0.311 e. The van der Waals surface area contributed by atoms with Crippen molar-refractivity contribution in [3.8, 4) is 0 Å². The first-order valence-electron chi connectivity index (χ1n) is 6.33. The van der Waals surface area contributed by atoms with Crippen LogP contribution in [0, 0.1) is 5.92 Å². The van der Waals surface area contributed by atoms with Crippen LogP contribution >= 0.6 is 27.3 Å². The van der Waals surface area contributed by atoms with Gasteiger partial charge in [-0.15, -0.1) is 11.3 Å². The van der Waals surface area contributed by atoms with Gasteiger partial charge in [-0.25, -0.2) is 0 Å². The van der Waals surface area contributed by atoms with Crippen LogP contribution < -0.4 is 5.32 Å². The molecule has 1 aromatic heterocycles. The maximum atomic E-state index is 3.62. The number of nitrogens with zero attached hydrogens (tertiary/aromatic N) is 1. The van der Waals surface area contributed by atoms with E-state index in [0.717, 1.165) is 19.0 Å². The van der Waals surface area contributed by atoms with Crippen LogP contribution in [0.1, 0.15) is 25.1 Å². The minimum absolute atomic E-state index is 0.673. The zero-order valence-electron chi connectivity index (χ0n) is 10.6. The number of halogens is 1. The van der Waals surface area contributed by atoms with E-state index in [1.54, 1.807) is 0 Å². The van der Waals surface area contributed by atoms with E-state index < -0.39 is 0 Å². The number of thiophene rings is 1. The molecule has 0 bridgehead atoms. The van der Waals surface area contributed by atoms with Gasteiger partial charge in [0.25, 0.3) is 0 Å². The van der Waals surface area contributed by atoms with Crippen LogP contribution in [0.25, 0.3) is 0 Å². The second-order valence-electron chi connectivity index (χ2n) is 5.22. The summed E-state index contributed by atoms with van der Waals surface area (Å²) >= 11 is 5.38. The lowest BCUT2D eigenvalue weighted by Gasteiger charge is -2.34. The molecule has 2 heterocycles. The lowest BCUT2D eigenvalue weighted by molar-refractivity contribution is 0.181. The first-order valence-corrected chi connectivity index (χ1v) is 7.94. The molecule has 2 rings (SSSR count). The summed E-state index contributed by atoms with van der Waals surface area (Å²) in [6.45, 7) is 9.20. The Labute approximate surface area is 117 Å². The Morgan fingerprint density at radius 1 is 1.53 bits per heavy atom. The Bertz CT molecular complexity index is 351. The van der Waals surface area contributed by atoms with Gasteiger partial charge in [0.1, 0.15) is 0 Å². The predicted octanol–water partition coefficient (Wildman–Crippen LogP) is 3.33. The summed E-state index contributed by atoms with van der Waals surface area (Å²) in [7, 11) is 0. The standard InChI is InChI=1S/C13H21BrN2S/c1-10(2)7-11-8-16(6-5-15-11)9-12-3-4-13(14)17-12/h3-4,10-11,15H,5-9H2,1-2H3. The fourth-order valence-electron chi connectivity index (χ4n) is 2.42. The zero-order valence-corrected chi connectivity index (χ0v) is 13.0. The Balaban J connectivity index is 1.85. The fourth-order valence-corrected chi connectivity index (χ4v) is 3.95. The van der Waals surface area contributed by atoms with Crippen LogP contribution in [0.3, 0.4) is 0 Å². The molecule has 1 aliphatic rings. The van der Waals surface area contributed by atoms with Crippen molar-refractivity contribution in [1.82, 2.24) is 10.2 Å². The smallest absolute Gasteiger partial charge is 0.0701 e. The van der Waals surface area contributed by atoms with Gasteiger partial charge in [0.15, 0.2) is 0 Å². The van der Waals surface area contributed by atoms with Gasteiger partial charge in [-0.2, -0.15) is 0 Å². The summed E-state index contributed by atoms with van der Waals surface area (Å²) in [5, 5.41) is 3.62. The number of rotatable bonds is 4. The van der Waals surface area contributed by atoms with Crippen LogP contribution in [-0.2, 0) is 6.54 Å². The third-order valence-electron chi connectivity index (χ3n) is 3.10. The van der Waals surface area contributed by atoms with Crippen LogP contribution in [0.2, 0.25) is 0 Å². The van der Waals surface area contributed by atoms with E-state index in [9.17, 15) is 0 Å². The molecule has 96 valence electrons. The van der Waals surface area contributed by atoms with Gasteiger partial charge in [0.05, 0.1) is 3.79 Å². The molecule has 1 atom stereocenters. The summed E-state index contributed by atoms with van der Waals surface area (Å²) in [5.74, 6) is 0.781. The fraction of sp³-hybridized carbons (Fsp3) is 0.692. The molecule has 2 nitrogen and oxygen atoms in total. The lowest BCUT2D eigenvalue weighted by Crippen LogP contribution is -2.50. The maximum Gasteiger partial charge on any atom is 0.0701 e. The molecule has 0 radical (unpaired) electrons. The number of piperazine rings is 1. The van der Waals surface area contributed by atoms with E-state index in [0.29, 0.717) is 6.04 Å². The van der Waals surface area contributed by atoms with Gasteiger partial charge >= 0.3 is 0 Å². The summed E-state index contributed by atoms with van der Waals surface area (Å²) in [5.41, 5.74) is 0. The molecular formula is C13H21BrN2S. The molecular weight excluding hydrogens is 296 g/mol. The molecule has 17 heavy (non-hydrogen) atoms. The van der Waals surface area contributed by atoms with Crippen molar-refractivity contribution in [1.29, 1.82) is 0 Å². The van der Waals surface area contributed by atoms with Gasteiger partial charge in [-0.05, 0) is 40.4 Å². The van der Waals surface area contributed by atoms with Gasteiger partial charge < -0.3 is 5.32 Å². The normalized spacial score (nSPS) is 22.2. The van der Waals surface area contributed by atoms with E-state index in [2.05, 4.69) is 52.1 Å². The van der Waals surface area contributed by atoms with Crippen molar-refractivity contribution in [3.05, 3.63) is 20.8 Å². The van der Waals surface area contributed by atoms with Crippen LogP contribution in [-0.4, -0.2) is 30.6 Å². The van der Waals surface area contributed by atoms with Crippen LogP contribution in [0.5, 0.6) is 0 Å². The minimum atomic E-state index is 0.673.